The molecular weight excluding hydrogens is 178 g/mol. The van der Waals surface area contributed by atoms with Crippen LogP contribution >= 0.6 is 0 Å². The van der Waals surface area contributed by atoms with Crippen LogP contribution in [-0.4, -0.2) is 23.7 Å². The van der Waals surface area contributed by atoms with Crippen LogP contribution in [0.1, 0.15) is 39.5 Å². The normalized spacial score (nSPS) is 29.0. The summed E-state index contributed by atoms with van der Waals surface area (Å²) >= 11 is 0. The first-order valence-electron chi connectivity index (χ1n) is 5.53. The Hall–Kier alpha value is -0.570. The average molecular weight is 199 g/mol. The van der Waals surface area contributed by atoms with E-state index in [1.54, 1.807) is 0 Å². The van der Waals surface area contributed by atoms with Crippen molar-refractivity contribution in [2.45, 2.75) is 45.6 Å². The summed E-state index contributed by atoms with van der Waals surface area (Å²) in [4.78, 5) is 10.4. The summed E-state index contributed by atoms with van der Waals surface area (Å²) in [7, 11) is 0. The number of nitrogens with one attached hydrogen (secondary N) is 1. The Morgan fingerprint density at radius 2 is 2.29 bits per heavy atom. The third-order valence-electron chi connectivity index (χ3n) is 3.04. The second-order valence-corrected chi connectivity index (χ2v) is 4.69. The lowest BCUT2D eigenvalue weighted by molar-refractivity contribution is -0.137. The van der Waals surface area contributed by atoms with Gasteiger partial charge in [0.2, 0.25) is 0 Å². The van der Waals surface area contributed by atoms with E-state index in [1.165, 1.54) is 19.3 Å². The van der Waals surface area contributed by atoms with Gasteiger partial charge in [-0.3, -0.25) is 4.79 Å². The Balaban J connectivity index is 2.11. The number of aliphatic carboxylic acids is 1. The molecular formula is C11H21NO2. The topological polar surface area (TPSA) is 49.3 Å². The van der Waals surface area contributed by atoms with E-state index in [0.717, 1.165) is 18.4 Å². The molecule has 1 aliphatic rings. The summed E-state index contributed by atoms with van der Waals surface area (Å²) < 4.78 is 0. The molecule has 82 valence electrons. The smallest absolute Gasteiger partial charge is 0.304 e. The van der Waals surface area contributed by atoms with E-state index < -0.39 is 5.97 Å². The molecule has 3 heteroatoms. The molecule has 0 aliphatic heterocycles. The van der Waals surface area contributed by atoms with Crippen molar-refractivity contribution in [1.82, 2.24) is 5.32 Å². The molecule has 0 aromatic carbocycles. The largest absolute Gasteiger partial charge is 0.481 e. The predicted molar refractivity (Wildman–Crippen MR) is 56.2 cm³/mol. The number of carboxylic acid groups (broad SMARTS) is 1. The molecule has 3 unspecified atom stereocenters. The van der Waals surface area contributed by atoms with Crippen LogP contribution in [0.3, 0.4) is 0 Å². The molecule has 0 aromatic heterocycles. The molecule has 0 amide bonds. The fraction of sp³-hybridized carbons (Fsp3) is 0.909. The summed E-state index contributed by atoms with van der Waals surface area (Å²) in [6.45, 7) is 5.21. The quantitative estimate of drug-likeness (QED) is 0.710. The highest BCUT2D eigenvalue weighted by atomic mass is 16.4. The van der Waals surface area contributed by atoms with Crippen LogP contribution in [0.15, 0.2) is 0 Å². The summed E-state index contributed by atoms with van der Waals surface area (Å²) in [6.07, 6.45) is 4.16. The van der Waals surface area contributed by atoms with Crippen LogP contribution in [0.4, 0.5) is 0 Å². The highest BCUT2D eigenvalue weighted by Gasteiger charge is 2.21. The first kappa shape index (κ1) is 11.5. The lowest BCUT2D eigenvalue weighted by Crippen LogP contribution is -2.32. The van der Waals surface area contributed by atoms with Crippen molar-refractivity contribution >= 4 is 5.97 Å². The zero-order valence-corrected chi connectivity index (χ0v) is 9.12. The first-order chi connectivity index (χ1) is 6.58. The minimum Gasteiger partial charge on any atom is -0.481 e. The number of carboxylic acids is 1. The SMILES string of the molecule is CC1CCC(CNC(C)CC(=O)O)C1. The summed E-state index contributed by atoms with van der Waals surface area (Å²) in [5.41, 5.74) is 0. The Morgan fingerprint density at radius 3 is 2.79 bits per heavy atom. The molecule has 0 bridgehead atoms. The van der Waals surface area contributed by atoms with E-state index in [9.17, 15) is 4.79 Å². The molecule has 2 N–H and O–H groups in total. The molecule has 1 aliphatic carbocycles. The van der Waals surface area contributed by atoms with Gasteiger partial charge in [-0.25, -0.2) is 0 Å². The van der Waals surface area contributed by atoms with Crippen LogP contribution in [0.25, 0.3) is 0 Å². The highest BCUT2D eigenvalue weighted by molar-refractivity contribution is 5.67. The van der Waals surface area contributed by atoms with Gasteiger partial charge in [-0.05, 0) is 38.1 Å². The van der Waals surface area contributed by atoms with E-state index >= 15 is 0 Å². The summed E-state index contributed by atoms with van der Waals surface area (Å²) in [5.74, 6) is 0.905. The van der Waals surface area contributed by atoms with Crippen molar-refractivity contribution in [2.24, 2.45) is 11.8 Å². The maximum absolute atomic E-state index is 10.4. The van der Waals surface area contributed by atoms with Crippen molar-refractivity contribution in [3.63, 3.8) is 0 Å². The highest BCUT2D eigenvalue weighted by Crippen LogP contribution is 2.29. The van der Waals surface area contributed by atoms with Crippen molar-refractivity contribution < 1.29 is 9.90 Å². The molecule has 1 rings (SSSR count). The molecule has 1 saturated carbocycles. The first-order valence-corrected chi connectivity index (χ1v) is 5.53. The monoisotopic (exact) mass is 199 g/mol. The predicted octanol–water partition coefficient (Wildman–Crippen LogP) is 1.88. The average Bonchev–Trinajstić information content (AvgIpc) is 2.47. The number of hydrogen-bond acceptors (Lipinski definition) is 2. The summed E-state index contributed by atoms with van der Waals surface area (Å²) in [5, 5.41) is 11.9. The molecule has 1 fully saturated rings. The molecule has 0 heterocycles. The van der Waals surface area contributed by atoms with Gasteiger partial charge < -0.3 is 10.4 Å². The third kappa shape index (κ3) is 4.09. The van der Waals surface area contributed by atoms with Gasteiger partial charge in [-0.2, -0.15) is 0 Å². The van der Waals surface area contributed by atoms with E-state index in [1.807, 2.05) is 6.92 Å². The molecule has 0 spiro atoms. The maximum atomic E-state index is 10.4. The Morgan fingerprint density at radius 1 is 1.57 bits per heavy atom. The van der Waals surface area contributed by atoms with Crippen molar-refractivity contribution in [1.29, 1.82) is 0 Å². The Bertz CT molecular complexity index is 194. The minimum atomic E-state index is -0.718. The van der Waals surface area contributed by atoms with Crippen molar-refractivity contribution in [2.75, 3.05) is 6.54 Å². The fourth-order valence-electron chi connectivity index (χ4n) is 2.21. The van der Waals surface area contributed by atoms with Gasteiger partial charge in [0.15, 0.2) is 0 Å². The number of carbonyl (C=O) groups is 1. The number of hydrogen-bond donors (Lipinski definition) is 2. The van der Waals surface area contributed by atoms with Gasteiger partial charge in [-0.15, -0.1) is 0 Å². The van der Waals surface area contributed by atoms with E-state index in [2.05, 4.69) is 12.2 Å². The zero-order valence-electron chi connectivity index (χ0n) is 9.12. The van der Waals surface area contributed by atoms with Gasteiger partial charge in [0.05, 0.1) is 6.42 Å². The molecule has 3 nitrogen and oxygen atoms in total. The summed E-state index contributed by atoms with van der Waals surface area (Å²) in [6, 6.07) is 0.100. The molecule has 0 saturated heterocycles. The zero-order chi connectivity index (χ0) is 10.6. The second kappa shape index (κ2) is 5.35. The van der Waals surface area contributed by atoms with E-state index in [0.29, 0.717) is 0 Å². The van der Waals surface area contributed by atoms with Gasteiger partial charge in [-0.1, -0.05) is 13.3 Å². The fourth-order valence-corrected chi connectivity index (χ4v) is 2.21. The van der Waals surface area contributed by atoms with Crippen LogP contribution in [-0.2, 0) is 4.79 Å². The van der Waals surface area contributed by atoms with Crippen LogP contribution in [0.2, 0.25) is 0 Å². The maximum Gasteiger partial charge on any atom is 0.304 e. The van der Waals surface area contributed by atoms with E-state index in [4.69, 9.17) is 5.11 Å². The van der Waals surface area contributed by atoms with Gasteiger partial charge >= 0.3 is 5.97 Å². The lowest BCUT2D eigenvalue weighted by atomic mass is 10.1. The van der Waals surface area contributed by atoms with Crippen molar-refractivity contribution in [3.05, 3.63) is 0 Å². The van der Waals surface area contributed by atoms with Crippen molar-refractivity contribution in [3.8, 4) is 0 Å². The Kier molecular flexibility index (Phi) is 4.39. The molecule has 0 aromatic rings. The van der Waals surface area contributed by atoms with Crippen LogP contribution < -0.4 is 5.32 Å². The number of rotatable bonds is 5. The van der Waals surface area contributed by atoms with Crippen LogP contribution in [0.5, 0.6) is 0 Å². The Labute approximate surface area is 85.9 Å². The second-order valence-electron chi connectivity index (χ2n) is 4.69. The molecule has 14 heavy (non-hydrogen) atoms. The molecule has 3 atom stereocenters. The lowest BCUT2D eigenvalue weighted by Gasteiger charge is -2.15. The van der Waals surface area contributed by atoms with E-state index in [-0.39, 0.29) is 12.5 Å². The van der Waals surface area contributed by atoms with Gasteiger partial charge in [0.1, 0.15) is 0 Å². The third-order valence-corrected chi connectivity index (χ3v) is 3.04. The van der Waals surface area contributed by atoms with Gasteiger partial charge in [0.25, 0.3) is 0 Å². The van der Waals surface area contributed by atoms with Crippen LogP contribution in [0, 0.1) is 11.8 Å². The van der Waals surface area contributed by atoms with Gasteiger partial charge in [0, 0.05) is 6.04 Å². The molecule has 0 radical (unpaired) electrons. The standard InChI is InChI=1S/C11H21NO2/c1-8-3-4-10(5-8)7-12-9(2)6-11(13)14/h8-10,12H,3-7H2,1-2H3,(H,13,14). The minimum absolute atomic E-state index is 0.100.